The van der Waals surface area contributed by atoms with Crippen LogP contribution in [0, 0.1) is 0 Å². The Balaban J connectivity index is 3.26. The van der Waals surface area contributed by atoms with Crippen LogP contribution in [0.4, 0.5) is 0 Å². The highest BCUT2D eigenvalue weighted by molar-refractivity contribution is 5.14. The van der Waals surface area contributed by atoms with E-state index in [1.54, 1.807) is 0 Å². The van der Waals surface area contributed by atoms with Crippen molar-refractivity contribution in [3.05, 3.63) is 12.2 Å². The summed E-state index contributed by atoms with van der Waals surface area (Å²) in [7, 11) is 0. The fourth-order valence-electron chi connectivity index (χ4n) is 0.519. The van der Waals surface area contributed by atoms with E-state index >= 15 is 0 Å². The smallest absolute Gasteiger partial charge is 0.160 e. The molecule has 0 radical (unpaired) electrons. The fraction of sp³-hybridized carbons (Fsp3) is 0.625. The Kier molecular flexibility index (Phi) is 5.18. The zero-order chi connectivity index (χ0) is 7.11. The molecular weight excluding hydrogens is 110 g/mol. The minimum Gasteiger partial charge on any atom is -0.239 e. The first-order valence-electron chi connectivity index (χ1n) is 3.51. The van der Waals surface area contributed by atoms with Gasteiger partial charge in [-0.25, -0.2) is 4.58 Å². The number of likely N-dealkylation sites (N-methyl/N-ethyl adjacent to an activating group) is 1. The van der Waals surface area contributed by atoms with Crippen LogP contribution in [0.3, 0.4) is 0 Å². The maximum atomic E-state index is 3.81. The van der Waals surface area contributed by atoms with Crippen molar-refractivity contribution in [1.29, 1.82) is 0 Å². The van der Waals surface area contributed by atoms with E-state index in [4.69, 9.17) is 0 Å². The first-order valence-corrected chi connectivity index (χ1v) is 3.51. The van der Waals surface area contributed by atoms with Gasteiger partial charge in [-0.05, 0) is 19.4 Å². The van der Waals surface area contributed by atoms with Crippen molar-refractivity contribution in [3.63, 3.8) is 0 Å². The molecule has 0 amide bonds. The minimum atomic E-state index is 0.977. The number of rotatable bonds is 4. The average molecular weight is 126 g/mol. The summed E-state index contributed by atoms with van der Waals surface area (Å²) in [4.78, 5) is 0. The van der Waals surface area contributed by atoms with Crippen molar-refractivity contribution in [2.24, 2.45) is 0 Å². The van der Waals surface area contributed by atoms with Gasteiger partial charge in [0, 0.05) is 0 Å². The molecular formula is C8H16N+. The van der Waals surface area contributed by atoms with Crippen molar-refractivity contribution in [3.8, 4) is 0 Å². The molecule has 1 heteroatoms. The number of hydrogen-bond donors (Lipinski definition) is 0. The Labute approximate surface area is 57.7 Å². The van der Waals surface area contributed by atoms with Gasteiger partial charge >= 0.3 is 0 Å². The summed E-state index contributed by atoms with van der Waals surface area (Å²) >= 11 is 0. The fourth-order valence-corrected chi connectivity index (χ4v) is 0.519. The maximum absolute atomic E-state index is 3.81. The number of allylic oxidation sites excluding steroid dienone is 1. The highest BCUT2D eigenvalue weighted by Crippen LogP contribution is 1.79. The van der Waals surface area contributed by atoms with Crippen LogP contribution in [0.15, 0.2) is 12.2 Å². The molecule has 0 rings (SSSR count). The predicted octanol–water partition coefficient (Wildman–Crippen LogP) is 1.69. The molecule has 0 aromatic carbocycles. The van der Waals surface area contributed by atoms with Gasteiger partial charge < -0.3 is 0 Å². The van der Waals surface area contributed by atoms with E-state index in [-0.39, 0.29) is 0 Å². The van der Waals surface area contributed by atoms with Gasteiger partial charge in [-0.3, -0.25) is 0 Å². The van der Waals surface area contributed by atoms with Crippen molar-refractivity contribution in [1.82, 2.24) is 0 Å². The van der Waals surface area contributed by atoms with E-state index in [9.17, 15) is 0 Å². The van der Waals surface area contributed by atoms with E-state index < -0.39 is 0 Å². The van der Waals surface area contributed by atoms with E-state index in [1.165, 1.54) is 0 Å². The summed E-state index contributed by atoms with van der Waals surface area (Å²) in [5.74, 6) is 0. The van der Waals surface area contributed by atoms with Crippen LogP contribution < -0.4 is 0 Å². The Morgan fingerprint density at radius 1 is 1.33 bits per heavy atom. The van der Waals surface area contributed by atoms with E-state index in [2.05, 4.69) is 32.7 Å². The van der Waals surface area contributed by atoms with Crippen LogP contribution in [0.2, 0.25) is 0 Å². The molecule has 0 N–H and O–H groups in total. The molecule has 0 aliphatic heterocycles. The van der Waals surface area contributed by atoms with Crippen LogP contribution >= 0.6 is 0 Å². The third-order valence-electron chi connectivity index (χ3n) is 1.21. The predicted molar refractivity (Wildman–Crippen MR) is 42.2 cm³/mol. The lowest BCUT2D eigenvalue weighted by atomic mass is 10.4. The van der Waals surface area contributed by atoms with Gasteiger partial charge in [-0.15, -0.1) is 0 Å². The molecule has 0 aliphatic carbocycles. The summed E-state index contributed by atoms with van der Waals surface area (Å²) < 4.78 is 2.02. The molecule has 0 atom stereocenters. The normalized spacial score (nSPS) is 10.4. The second-order valence-corrected chi connectivity index (χ2v) is 2.05. The Morgan fingerprint density at radius 3 is 2.44 bits per heavy atom. The van der Waals surface area contributed by atoms with E-state index in [0.29, 0.717) is 0 Å². The second kappa shape index (κ2) is 5.54. The van der Waals surface area contributed by atoms with Gasteiger partial charge in [-0.2, -0.15) is 0 Å². The number of nitrogens with zero attached hydrogens (tertiary/aromatic N) is 1. The third-order valence-corrected chi connectivity index (χ3v) is 1.21. The monoisotopic (exact) mass is 126 g/mol. The molecule has 0 bridgehead atoms. The van der Waals surface area contributed by atoms with Gasteiger partial charge in [0.25, 0.3) is 0 Å². The van der Waals surface area contributed by atoms with Gasteiger partial charge in [-0.1, -0.05) is 13.0 Å². The van der Waals surface area contributed by atoms with Crippen LogP contribution in [0.25, 0.3) is 0 Å². The van der Waals surface area contributed by atoms with Gasteiger partial charge in [0.1, 0.15) is 13.3 Å². The van der Waals surface area contributed by atoms with Crippen molar-refractivity contribution in [2.45, 2.75) is 20.3 Å². The van der Waals surface area contributed by atoms with Crippen LogP contribution in [-0.2, 0) is 0 Å². The molecule has 0 fully saturated rings. The summed E-state index contributed by atoms with van der Waals surface area (Å²) in [6.07, 6.45) is 5.43. The first kappa shape index (κ1) is 8.41. The topological polar surface area (TPSA) is 3.01 Å². The molecule has 0 aromatic rings. The van der Waals surface area contributed by atoms with E-state index in [1.807, 2.05) is 4.58 Å². The molecule has 0 unspecified atom stereocenters. The Hall–Kier alpha value is -0.590. The van der Waals surface area contributed by atoms with Gasteiger partial charge in [0.2, 0.25) is 0 Å². The molecule has 0 saturated carbocycles. The minimum absolute atomic E-state index is 0.977. The first-order chi connectivity index (χ1) is 4.31. The van der Waals surface area contributed by atoms with Gasteiger partial charge in [0.15, 0.2) is 6.54 Å². The molecule has 0 spiro atoms. The van der Waals surface area contributed by atoms with Crippen molar-refractivity contribution < 1.29 is 4.58 Å². The molecule has 1 nitrogen and oxygen atoms in total. The third kappa shape index (κ3) is 5.28. The van der Waals surface area contributed by atoms with Gasteiger partial charge in [0.05, 0.1) is 0 Å². The molecule has 52 valence electrons. The highest BCUT2D eigenvalue weighted by Gasteiger charge is 1.87. The summed E-state index contributed by atoms with van der Waals surface area (Å²) in [5, 5.41) is 0. The highest BCUT2D eigenvalue weighted by atomic mass is 15.0. The zero-order valence-electron chi connectivity index (χ0n) is 6.43. The largest absolute Gasteiger partial charge is 0.239 e. The van der Waals surface area contributed by atoms with Crippen LogP contribution in [0.5, 0.6) is 0 Å². The molecule has 0 saturated heterocycles. The average Bonchev–Trinajstić information content (AvgIpc) is 1.89. The zero-order valence-corrected chi connectivity index (χ0v) is 6.43. The number of hydrogen-bond acceptors (Lipinski definition) is 0. The quantitative estimate of drug-likeness (QED) is 0.306. The van der Waals surface area contributed by atoms with Crippen LogP contribution in [-0.4, -0.2) is 24.4 Å². The lowest BCUT2D eigenvalue weighted by Crippen LogP contribution is -2.07. The van der Waals surface area contributed by atoms with E-state index in [0.717, 1.165) is 19.5 Å². The Bertz CT molecular complexity index is 103. The molecule has 0 aromatic heterocycles. The molecule has 0 aliphatic rings. The summed E-state index contributed by atoms with van der Waals surface area (Å²) in [6.45, 7) is 10.0. The Morgan fingerprint density at radius 2 is 2.00 bits per heavy atom. The SMILES string of the molecule is C=[N+](CC)CC=CCC. The molecule has 9 heavy (non-hydrogen) atoms. The summed E-state index contributed by atoms with van der Waals surface area (Å²) in [5.41, 5.74) is 0. The van der Waals surface area contributed by atoms with Crippen molar-refractivity contribution >= 4 is 6.72 Å². The van der Waals surface area contributed by atoms with Crippen molar-refractivity contribution in [2.75, 3.05) is 13.1 Å². The maximum Gasteiger partial charge on any atom is 0.160 e. The van der Waals surface area contributed by atoms with Crippen LogP contribution in [0.1, 0.15) is 20.3 Å². The molecule has 0 heterocycles. The second-order valence-electron chi connectivity index (χ2n) is 2.05. The lowest BCUT2D eigenvalue weighted by molar-refractivity contribution is -0.505. The standard InChI is InChI=1S/C8H16N/c1-4-6-7-8-9(3)5-2/h6-7H,3-5,8H2,1-2H3/q+1. The lowest BCUT2D eigenvalue weighted by Gasteiger charge is -1.90. The summed E-state index contributed by atoms with van der Waals surface area (Å²) in [6, 6.07) is 0.